The van der Waals surface area contributed by atoms with Crippen LogP contribution in [0.2, 0.25) is 0 Å². The number of carbonyl (C=O) groups is 1. The molecule has 0 saturated carbocycles. The molecule has 2 heterocycles. The summed E-state index contributed by atoms with van der Waals surface area (Å²) in [6.07, 6.45) is 4.53. The van der Waals surface area contributed by atoms with Gasteiger partial charge in [-0.2, -0.15) is 0 Å². The van der Waals surface area contributed by atoms with E-state index in [4.69, 9.17) is 4.74 Å². The lowest BCUT2D eigenvalue weighted by molar-refractivity contribution is -0.115. The fraction of sp³-hybridized carbons (Fsp3) is 0.650. The zero-order valence-electron chi connectivity index (χ0n) is 15.5. The monoisotopic (exact) mass is 345 g/mol. The van der Waals surface area contributed by atoms with E-state index in [0.29, 0.717) is 24.5 Å². The molecule has 2 N–H and O–H groups in total. The fourth-order valence-corrected chi connectivity index (χ4v) is 3.80. The van der Waals surface area contributed by atoms with E-state index in [2.05, 4.69) is 34.6 Å². The van der Waals surface area contributed by atoms with E-state index in [9.17, 15) is 4.79 Å². The minimum atomic E-state index is 0.0490. The molecule has 3 atom stereocenters. The summed E-state index contributed by atoms with van der Waals surface area (Å²) >= 11 is 0. The number of amides is 1. The maximum absolute atomic E-state index is 11.4. The number of piperidine rings is 1. The first-order valence-corrected chi connectivity index (χ1v) is 9.64. The number of benzene rings is 1. The normalized spacial score (nSPS) is 27.2. The van der Waals surface area contributed by atoms with Gasteiger partial charge in [-0.3, -0.25) is 4.79 Å². The average molecular weight is 345 g/mol. The Morgan fingerprint density at radius 3 is 2.64 bits per heavy atom. The second-order valence-corrected chi connectivity index (χ2v) is 7.39. The van der Waals surface area contributed by atoms with Crippen molar-refractivity contribution in [2.45, 2.75) is 51.7 Å². The van der Waals surface area contributed by atoms with Gasteiger partial charge in [0.1, 0.15) is 0 Å². The first-order valence-electron chi connectivity index (χ1n) is 9.64. The number of hydrogen-bond donors (Lipinski definition) is 2. The van der Waals surface area contributed by atoms with Crippen molar-refractivity contribution in [1.29, 1.82) is 0 Å². The van der Waals surface area contributed by atoms with E-state index in [0.717, 1.165) is 44.0 Å². The fourth-order valence-electron chi connectivity index (χ4n) is 3.80. The molecule has 0 aliphatic carbocycles. The van der Waals surface area contributed by atoms with E-state index in [-0.39, 0.29) is 5.91 Å². The molecule has 5 nitrogen and oxygen atoms in total. The molecule has 5 heteroatoms. The number of nitrogens with zero attached hydrogens (tertiary/aromatic N) is 1. The van der Waals surface area contributed by atoms with Crippen molar-refractivity contribution in [3.05, 3.63) is 24.3 Å². The molecule has 1 amide bonds. The number of carbonyl (C=O) groups excluding carboxylic acids is 1. The standard InChI is InChI=1S/C20H31N3O2/c1-3-20(24)22-17-8-6-16(7-9-17)21-19-10-11-23(13-15(19)2)14-18-5-4-12-25-18/h6-9,15,18-19,21H,3-5,10-14H2,1-2H3,(H,22,24)/t15-,18+,19-/m1/s1. The molecule has 0 unspecified atom stereocenters. The molecule has 0 bridgehead atoms. The van der Waals surface area contributed by atoms with Crippen LogP contribution < -0.4 is 10.6 Å². The van der Waals surface area contributed by atoms with Gasteiger partial charge in [0, 0.05) is 50.1 Å². The molecular weight excluding hydrogens is 314 g/mol. The molecule has 2 aliphatic heterocycles. The molecule has 138 valence electrons. The van der Waals surface area contributed by atoms with Crippen LogP contribution in [-0.2, 0) is 9.53 Å². The number of anilines is 2. The SMILES string of the molecule is CCC(=O)Nc1ccc(N[C@@H]2CCN(C[C@@H]3CCCO3)C[C@H]2C)cc1. The van der Waals surface area contributed by atoms with Crippen LogP contribution in [0.25, 0.3) is 0 Å². The number of rotatable bonds is 6. The summed E-state index contributed by atoms with van der Waals surface area (Å²) in [5, 5.41) is 6.55. The van der Waals surface area contributed by atoms with Crippen molar-refractivity contribution in [3.63, 3.8) is 0 Å². The molecule has 2 aliphatic rings. The first-order chi connectivity index (χ1) is 12.1. The summed E-state index contributed by atoms with van der Waals surface area (Å²) in [5.41, 5.74) is 1.98. The van der Waals surface area contributed by atoms with Crippen molar-refractivity contribution in [1.82, 2.24) is 4.90 Å². The van der Waals surface area contributed by atoms with E-state index >= 15 is 0 Å². The second kappa shape index (κ2) is 8.68. The van der Waals surface area contributed by atoms with Gasteiger partial charge < -0.3 is 20.3 Å². The third-order valence-corrected chi connectivity index (χ3v) is 5.32. The zero-order valence-corrected chi connectivity index (χ0v) is 15.5. The largest absolute Gasteiger partial charge is 0.382 e. The predicted octanol–water partition coefficient (Wildman–Crippen LogP) is 3.34. The molecular formula is C20H31N3O2. The Morgan fingerprint density at radius 1 is 1.24 bits per heavy atom. The number of ether oxygens (including phenoxy) is 1. The van der Waals surface area contributed by atoms with Crippen molar-refractivity contribution >= 4 is 17.3 Å². The molecule has 0 aromatic heterocycles. The second-order valence-electron chi connectivity index (χ2n) is 7.39. The van der Waals surface area contributed by atoms with Crippen molar-refractivity contribution in [2.75, 3.05) is 36.9 Å². The Balaban J connectivity index is 1.47. The first kappa shape index (κ1) is 18.2. The van der Waals surface area contributed by atoms with Crippen molar-refractivity contribution in [2.24, 2.45) is 5.92 Å². The van der Waals surface area contributed by atoms with Gasteiger partial charge in [-0.15, -0.1) is 0 Å². The molecule has 1 aromatic rings. The van der Waals surface area contributed by atoms with E-state index in [1.54, 1.807) is 0 Å². The molecule has 2 fully saturated rings. The summed E-state index contributed by atoms with van der Waals surface area (Å²) in [4.78, 5) is 14.0. The van der Waals surface area contributed by atoms with E-state index < -0.39 is 0 Å². The van der Waals surface area contributed by atoms with E-state index in [1.165, 1.54) is 12.8 Å². The van der Waals surface area contributed by atoms with Crippen LogP contribution >= 0.6 is 0 Å². The highest BCUT2D eigenvalue weighted by Gasteiger charge is 2.28. The quantitative estimate of drug-likeness (QED) is 0.830. The Morgan fingerprint density at radius 2 is 2.00 bits per heavy atom. The highest BCUT2D eigenvalue weighted by molar-refractivity contribution is 5.90. The van der Waals surface area contributed by atoms with Crippen LogP contribution in [0.4, 0.5) is 11.4 Å². The van der Waals surface area contributed by atoms with Gasteiger partial charge in [-0.05, 0) is 49.4 Å². The molecule has 0 radical (unpaired) electrons. The van der Waals surface area contributed by atoms with Crippen molar-refractivity contribution < 1.29 is 9.53 Å². The van der Waals surface area contributed by atoms with E-state index in [1.807, 2.05) is 19.1 Å². The molecule has 0 spiro atoms. The predicted molar refractivity (Wildman–Crippen MR) is 102 cm³/mol. The molecule has 25 heavy (non-hydrogen) atoms. The summed E-state index contributed by atoms with van der Waals surface area (Å²) in [5.74, 6) is 0.655. The summed E-state index contributed by atoms with van der Waals surface area (Å²) in [6.45, 7) is 8.47. The number of hydrogen-bond acceptors (Lipinski definition) is 4. The average Bonchev–Trinajstić information content (AvgIpc) is 3.12. The maximum Gasteiger partial charge on any atom is 0.224 e. The zero-order chi connectivity index (χ0) is 17.6. The van der Waals surface area contributed by atoms with Gasteiger partial charge in [-0.1, -0.05) is 13.8 Å². The third kappa shape index (κ3) is 5.19. The van der Waals surface area contributed by atoms with Gasteiger partial charge in [0.15, 0.2) is 0 Å². The van der Waals surface area contributed by atoms with Gasteiger partial charge >= 0.3 is 0 Å². The summed E-state index contributed by atoms with van der Waals surface area (Å²) in [6, 6.07) is 8.53. The minimum absolute atomic E-state index is 0.0490. The maximum atomic E-state index is 11.4. The smallest absolute Gasteiger partial charge is 0.224 e. The van der Waals surface area contributed by atoms with Gasteiger partial charge in [0.25, 0.3) is 0 Å². The highest BCUT2D eigenvalue weighted by atomic mass is 16.5. The van der Waals surface area contributed by atoms with Gasteiger partial charge in [0.2, 0.25) is 5.91 Å². The topological polar surface area (TPSA) is 53.6 Å². The third-order valence-electron chi connectivity index (χ3n) is 5.32. The molecule has 3 rings (SSSR count). The van der Waals surface area contributed by atoms with Gasteiger partial charge in [0.05, 0.1) is 6.10 Å². The molecule has 1 aromatic carbocycles. The number of likely N-dealkylation sites (tertiary alicyclic amines) is 1. The highest BCUT2D eigenvalue weighted by Crippen LogP contribution is 2.24. The Bertz CT molecular complexity index is 555. The summed E-state index contributed by atoms with van der Waals surface area (Å²) < 4.78 is 5.77. The van der Waals surface area contributed by atoms with Crippen LogP contribution in [0.5, 0.6) is 0 Å². The van der Waals surface area contributed by atoms with Crippen LogP contribution in [0.3, 0.4) is 0 Å². The lowest BCUT2D eigenvalue weighted by Crippen LogP contribution is -2.47. The van der Waals surface area contributed by atoms with Crippen LogP contribution in [0.15, 0.2) is 24.3 Å². The Labute approximate surface area is 151 Å². The Hall–Kier alpha value is -1.59. The van der Waals surface area contributed by atoms with Crippen molar-refractivity contribution in [3.8, 4) is 0 Å². The lowest BCUT2D eigenvalue weighted by Gasteiger charge is -2.38. The minimum Gasteiger partial charge on any atom is -0.382 e. The Kier molecular flexibility index (Phi) is 6.32. The number of nitrogens with one attached hydrogen (secondary N) is 2. The van der Waals surface area contributed by atoms with Crippen LogP contribution in [-0.4, -0.2) is 49.2 Å². The van der Waals surface area contributed by atoms with Gasteiger partial charge in [-0.25, -0.2) is 0 Å². The lowest BCUT2D eigenvalue weighted by atomic mass is 9.93. The molecule has 2 saturated heterocycles. The van der Waals surface area contributed by atoms with Crippen LogP contribution in [0, 0.1) is 5.92 Å². The van der Waals surface area contributed by atoms with Crippen LogP contribution in [0.1, 0.15) is 39.5 Å². The summed E-state index contributed by atoms with van der Waals surface area (Å²) in [7, 11) is 0.